The van der Waals surface area contributed by atoms with Gasteiger partial charge < -0.3 is 15.8 Å². The molecule has 0 radical (unpaired) electrons. The lowest BCUT2D eigenvalue weighted by molar-refractivity contribution is -0.130. The molecule has 1 aliphatic rings. The lowest BCUT2D eigenvalue weighted by atomic mass is 10.2. The normalized spacial score (nSPS) is 17.9. The number of hydrogen-bond acceptors (Lipinski definition) is 3. The maximum absolute atomic E-state index is 11.3. The molecule has 1 saturated carbocycles. The Kier molecular flexibility index (Phi) is 4.90. The number of nitrogens with one attached hydrogen (secondary N) is 1. The summed E-state index contributed by atoms with van der Waals surface area (Å²) in [5, 5.41) is 2.82. The quantitative estimate of drug-likeness (QED) is 0.580. The third kappa shape index (κ3) is 4.07. The zero-order valence-corrected chi connectivity index (χ0v) is 8.79. The standard InChI is InChI=1S/C10H20N2O2/c1-14-9(7-11)10(13)12-6-2-3-8-4-5-8/h8-9H,2-7,11H2,1H3,(H,12,13). The summed E-state index contributed by atoms with van der Waals surface area (Å²) in [6.45, 7) is 0.986. The first-order chi connectivity index (χ1) is 6.77. The molecule has 3 N–H and O–H groups in total. The minimum absolute atomic E-state index is 0.0919. The van der Waals surface area contributed by atoms with Crippen molar-refractivity contribution in [1.29, 1.82) is 0 Å². The minimum Gasteiger partial charge on any atom is -0.370 e. The largest absolute Gasteiger partial charge is 0.370 e. The number of carbonyl (C=O) groups is 1. The highest BCUT2D eigenvalue weighted by Gasteiger charge is 2.20. The van der Waals surface area contributed by atoms with E-state index in [2.05, 4.69) is 5.32 Å². The Bertz CT molecular complexity index is 177. The van der Waals surface area contributed by atoms with E-state index in [0.717, 1.165) is 18.9 Å². The van der Waals surface area contributed by atoms with Gasteiger partial charge in [0.15, 0.2) is 0 Å². The van der Waals surface area contributed by atoms with Crippen LogP contribution in [0.15, 0.2) is 0 Å². The molecule has 4 heteroatoms. The molecule has 0 bridgehead atoms. The van der Waals surface area contributed by atoms with Gasteiger partial charge in [0.1, 0.15) is 6.10 Å². The van der Waals surface area contributed by atoms with Crippen LogP contribution in [-0.2, 0) is 9.53 Å². The topological polar surface area (TPSA) is 64.3 Å². The third-order valence-corrected chi connectivity index (χ3v) is 2.58. The molecule has 1 atom stereocenters. The van der Waals surface area contributed by atoms with Crippen LogP contribution in [0, 0.1) is 5.92 Å². The first-order valence-corrected chi connectivity index (χ1v) is 5.28. The van der Waals surface area contributed by atoms with E-state index in [0.29, 0.717) is 0 Å². The van der Waals surface area contributed by atoms with Gasteiger partial charge in [-0.25, -0.2) is 0 Å². The highest BCUT2D eigenvalue weighted by atomic mass is 16.5. The van der Waals surface area contributed by atoms with Gasteiger partial charge in [0, 0.05) is 20.2 Å². The van der Waals surface area contributed by atoms with E-state index in [-0.39, 0.29) is 12.5 Å². The fourth-order valence-electron chi connectivity index (χ4n) is 1.43. The van der Waals surface area contributed by atoms with E-state index in [1.165, 1.54) is 26.4 Å². The second-order valence-electron chi connectivity index (χ2n) is 3.84. The van der Waals surface area contributed by atoms with Crippen molar-refractivity contribution >= 4 is 5.91 Å². The van der Waals surface area contributed by atoms with Gasteiger partial charge in [-0.15, -0.1) is 0 Å². The number of amides is 1. The van der Waals surface area contributed by atoms with E-state index in [1.807, 2.05) is 0 Å². The molecule has 1 aliphatic carbocycles. The van der Waals surface area contributed by atoms with Gasteiger partial charge in [0.25, 0.3) is 0 Å². The van der Waals surface area contributed by atoms with E-state index in [9.17, 15) is 4.79 Å². The van der Waals surface area contributed by atoms with E-state index >= 15 is 0 Å². The van der Waals surface area contributed by atoms with Gasteiger partial charge in [-0.05, 0) is 18.8 Å². The maximum atomic E-state index is 11.3. The fraction of sp³-hybridized carbons (Fsp3) is 0.900. The first-order valence-electron chi connectivity index (χ1n) is 5.28. The van der Waals surface area contributed by atoms with E-state index in [1.54, 1.807) is 0 Å². The Labute approximate surface area is 85.2 Å². The average molecular weight is 200 g/mol. The molecule has 14 heavy (non-hydrogen) atoms. The van der Waals surface area contributed by atoms with Crippen LogP contribution in [-0.4, -0.2) is 32.2 Å². The number of ether oxygens (including phenoxy) is 1. The fourth-order valence-corrected chi connectivity index (χ4v) is 1.43. The molecule has 1 amide bonds. The summed E-state index contributed by atoms with van der Waals surface area (Å²) in [4.78, 5) is 11.3. The maximum Gasteiger partial charge on any atom is 0.250 e. The summed E-state index contributed by atoms with van der Waals surface area (Å²) in [6.07, 6.45) is 4.56. The molecule has 1 fully saturated rings. The Morgan fingerprint density at radius 1 is 1.64 bits per heavy atom. The van der Waals surface area contributed by atoms with Gasteiger partial charge in [-0.3, -0.25) is 4.79 Å². The summed E-state index contributed by atoms with van der Waals surface area (Å²) < 4.78 is 4.91. The molecule has 0 saturated heterocycles. The Morgan fingerprint density at radius 2 is 2.36 bits per heavy atom. The van der Waals surface area contributed by atoms with Crippen LogP contribution in [0.5, 0.6) is 0 Å². The van der Waals surface area contributed by atoms with Gasteiger partial charge >= 0.3 is 0 Å². The van der Waals surface area contributed by atoms with Crippen LogP contribution < -0.4 is 11.1 Å². The lowest BCUT2D eigenvalue weighted by Gasteiger charge is -2.12. The number of rotatable bonds is 7. The van der Waals surface area contributed by atoms with Crippen LogP contribution in [0.1, 0.15) is 25.7 Å². The van der Waals surface area contributed by atoms with Crippen LogP contribution >= 0.6 is 0 Å². The van der Waals surface area contributed by atoms with Crippen LogP contribution in [0.4, 0.5) is 0 Å². The SMILES string of the molecule is COC(CN)C(=O)NCCCC1CC1. The molecular weight excluding hydrogens is 180 g/mol. The molecule has 0 aliphatic heterocycles. The number of nitrogens with two attached hydrogens (primary N) is 1. The second kappa shape index (κ2) is 5.98. The number of carbonyl (C=O) groups excluding carboxylic acids is 1. The summed E-state index contributed by atoms with van der Waals surface area (Å²) in [5.74, 6) is 0.838. The van der Waals surface area contributed by atoms with Crippen molar-refractivity contribution in [3.63, 3.8) is 0 Å². The molecule has 0 heterocycles. The zero-order valence-electron chi connectivity index (χ0n) is 8.79. The zero-order chi connectivity index (χ0) is 10.4. The molecule has 0 aromatic rings. The monoisotopic (exact) mass is 200 g/mol. The van der Waals surface area contributed by atoms with Gasteiger partial charge in [-0.1, -0.05) is 12.8 Å². The Balaban J connectivity index is 2.00. The van der Waals surface area contributed by atoms with Crippen molar-refractivity contribution in [2.75, 3.05) is 20.2 Å². The van der Waals surface area contributed by atoms with Crippen molar-refractivity contribution < 1.29 is 9.53 Å². The first kappa shape index (κ1) is 11.5. The summed E-state index contributed by atoms with van der Waals surface area (Å²) >= 11 is 0. The van der Waals surface area contributed by atoms with Crippen LogP contribution in [0.3, 0.4) is 0 Å². The smallest absolute Gasteiger partial charge is 0.250 e. The van der Waals surface area contributed by atoms with Crippen LogP contribution in [0.2, 0.25) is 0 Å². The summed E-state index contributed by atoms with van der Waals surface area (Å²) in [7, 11) is 1.50. The van der Waals surface area contributed by atoms with Crippen molar-refractivity contribution in [2.24, 2.45) is 11.7 Å². The van der Waals surface area contributed by atoms with Crippen molar-refractivity contribution in [3.05, 3.63) is 0 Å². The van der Waals surface area contributed by atoms with Gasteiger partial charge in [0.05, 0.1) is 0 Å². The van der Waals surface area contributed by atoms with Crippen molar-refractivity contribution in [3.8, 4) is 0 Å². The molecule has 1 unspecified atom stereocenters. The Hall–Kier alpha value is -0.610. The molecular formula is C10H20N2O2. The van der Waals surface area contributed by atoms with E-state index < -0.39 is 6.10 Å². The second-order valence-corrected chi connectivity index (χ2v) is 3.84. The number of hydrogen-bond donors (Lipinski definition) is 2. The minimum atomic E-state index is -0.490. The molecule has 4 nitrogen and oxygen atoms in total. The van der Waals surface area contributed by atoms with Crippen molar-refractivity contribution in [2.45, 2.75) is 31.8 Å². The Morgan fingerprint density at radius 3 is 2.86 bits per heavy atom. The van der Waals surface area contributed by atoms with E-state index in [4.69, 9.17) is 10.5 Å². The van der Waals surface area contributed by atoms with Crippen molar-refractivity contribution in [1.82, 2.24) is 5.32 Å². The average Bonchev–Trinajstić information content (AvgIpc) is 2.98. The highest BCUT2D eigenvalue weighted by molar-refractivity contribution is 5.80. The highest BCUT2D eigenvalue weighted by Crippen LogP contribution is 2.33. The van der Waals surface area contributed by atoms with Gasteiger partial charge in [-0.2, -0.15) is 0 Å². The predicted octanol–water partition coefficient (Wildman–Crippen LogP) is 0.267. The lowest BCUT2D eigenvalue weighted by Crippen LogP contribution is -2.40. The van der Waals surface area contributed by atoms with Gasteiger partial charge in [0.2, 0.25) is 5.91 Å². The molecule has 0 aromatic heterocycles. The third-order valence-electron chi connectivity index (χ3n) is 2.58. The molecule has 82 valence electrons. The summed E-state index contributed by atoms with van der Waals surface area (Å²) in [6, 6.07) is 0. The molecule has 0 spiro atoms. The van der Waals surface area contributed by atoms with Crippen LogP contribution in [0.25, 0.3) is 0 Å². The number of methoxy groups -OCH3 is 1. The molecule has 1 rings (SSSR count). The molecule has 0 aromatic carbocycles. The summed E-state index contributed by atoms with van der Waals surface area (Å²) in [5.41, 5.74) is 5.36. The predicted molar refractivity (Wildman–Crippen MR) is 54.8 cm³/mol.